The number of Topliss-reactive ketones (excluding diaryl/α,β-unsaturated/α-hetero) is 1. The minimum absolute atomic E-state index is 0.0733. The predicted octanol–water partition coefficient (Wildman–Crippen LogP) is 2.74. The zero-order valence-corrected chi connectivity index (χ0v) is 14.8. The number of aliphatic carboxylic acids is 1. The van der Waals surface area contributed by atoms with Crippen molar-refractivity contribution in [1.29, 1.82) is 0 Å². The number of nitrogens with zero attached hydrogens (tertiary/aromatic N) is 1. The van der Waals surface area contributed by atoms with E-state index in [1.54, 1.807) is 0 Å². The molecular formula is C21H21NO5. The summed E-state index contributed by atoms with van der Waals surface area (Å²) in [7, 11) is 0. The maximum absolute atomic E-state index is 12.3. The monoisotopic (exact) mass is 367 g/mol. The van der Waals surface area contributed by atoms with Crippen LogP contribution >= 0.6 is 0 Å². The molecule has 6 heteroatoms. The van der Waals surface area contributed by atoms with Gasteiger partial charge in [-0.3, -0.25) is 9.59 Å². The highest BCUT2D eigenvalue weighted by Gasteiger charge is 2.24. The number of benzene rings is 2. The largest absolute Gasteiger partial charge is 0.484 e. The molecule has 3 rings (SSSR count). The second-order valence-electron chi connectivity index (χ2n) is 6.51. The van der Waals surface area contributed by atoms with Gasteiger partial charge < -0.3 is 14.7 Å². The zero-order valence-electron chi connectivity index (χ0n) is 14.8. The maximum atomic E-state index is 12.3. The fraction of sp³-hybridized carbons (Fsp3) is 0.286. The minimum atomic E-state index is -1.50. The number of carbonyl (C=O) groups is 3. The number of amides is 1. The Balaban J connectivity index is 1.47. The van der Waals surface area contributed by atoms with Crippen LogP contribution in [0, 0.1) is 0 Å². The lowest BCUT2D eigenvalue weighted by molar-refractivity contribution is -0.134. The van der Waals surface area contributed by atoms with E-state index in [1.807, 2.05) is 23.1 Å². The van der Waals surface area contributed by atoms with E-state index in [1.165, 1.54) is 29.8 Å². The van der Waals surface area contributed by atoms with Crippen molar-refractivity contribution in [2.24, 2.45) is 0 Å². The van der Waals surface area contributed by atoms with Crippen LogP contribution in [-0.2, 0) is 9.59 Å². The van der Waals surface area contributed by atoms with Crippen molar-refractivity contribution in [1.82, 2.24) is 4.90 Å². The van der Waals surface area contributed by atoms with Gasteiger partial charge in [-0.1, -0.05) is 30.3 Å². The lowest BCUT2D eigenvalue weighted by Gasteiger charge is -2.32. The number of carboxylic acid groups (broad SMARTS) is 1. The fourth-order valence-corrected chi connectivity index (χ4v) is 3.25. The molecule has 140 valence electrons. The smallest absolute Gasteiger partial charge is 0.377 e. The fourth-order valence-electron chi connectivity index (χ4n) is 3.25. The van der Waals surface area contributed by atoms with E-state index >= 15 is 0 Å². The van der Waals surface area contributed by atoms with Crippen LogP contribution in [0.2, 0.25) is 0 Å². The van der Waals surface area contributed by atoms with Crippen LogP contribution in [0.5, 0.6) is 5.75 Å². The van der Waals surface area contributed by atoms with E-state index in [-0.39, 0.29) is 18.1 Å². The van der Waals surface area contributed by atoms with Crippen molar-refractivity contribution in [3.63, 3.8) is 0 Å². The number of ether oxygens (including phenoxy) is 1. The zero-order chi connectivity index (χ0) is 19.2. The van der Waals surface area contributed by atoms with Crippen molar-refractivity contribution in [2.45, 2.75) is 18.8 Å². The highest BCUT2D eigenvalue weighted by molar-refractivity contribution is 6.39. The molecule has 0 saturated carbocycles. The Bertz CT molecular complexity index is 808. The van der Waals surface area contributed by atoms with E-state index in [9.17, 15) is 14.4 Å². The molecule has 2 aromatic carbocycles. The number of carboxylic acids is 1. The minimum Gasteiger partial charge on any atom is -0.484 e. The van der Waals surface area contributed by atoms with Gasteiger partial charge in [0.1, 0.15) is 5.75 Å². The topological polar surface area (TPSA) is 83.9 Å². The third kappa shape index (κ3) is 4.73. The number of hydrogen-bond acceptors (Lipinski definition) is 4. The van der Waals surface area contributed by atoms with Crippen LogP contribution in [0.25, 0.3) is 0 Å². The second kappa shape index (κ2) is 8.49. The van der Waals surface area contributed by atoms with Gasteiger partial charge in [-0.05, 0) is 48.6 Å². The van der Waals surface area contributed by atoms with Gasteiger partial charge in [0.15, 0.2) is 6.61 Å². The van der Waals surface area contributed by atoms with Gasteiger partial charge in [0.05, 0.1) is 0 Å². The summed E-state index contributed by atoms with van der Waals surface area (Å²) in [5.41, 5.74) is 1.39. The van der Waals surface area contributed by atoms with Crippen LogP contribution in [0.3, 0.4) is 0 Å². The first-order chi connectivity index (χ1) is 13.0. The summed E-state index contributed by atoms with van der Waals surface area (Å²) in [6.07, 6.45) is 1.86. The highest BCUT2D eigenvalue weighted by atomic mass is 16.5. The maximum Gasteiger partial charge on any atom is 0.377 e. The van der Waals surface area contributed by atoms with Crippen LogP contribution in [0.15, 0.2) is 54.6 Å². The first-order valence-corrected chi connectivity index (χ1v) is 8.88. The lowest BCUT2D eigenvalue weighted by atomic mass is 9.89. The molecule has 1 aliphatic heterocycles. The molecule has 6 nitrogen and oxygen atoms in total. The molecule has 2 aromatic rings. The van der Waals surface area contributed by atoms with Gasteiger partial charge in [0.25, 0.3) is 11.7 Å². The van der Waals surface area contributed by atoms with Gasteiger partial charge >= 0.3 is 5.97 Å². The number of piperidine rings is 1. The Morgan fingerprint density at radius 3 is 2.19 bits per heavy atom. The summed E-state index contributed by atoms with van der Waals surface area (Å²) in [4.78, 5) is 36.2. The third-order valence-electron chi connectivity index (χ3n) is 4.79. The van der Waals surface area contributed by atoms with E-state index in [0.717, 1.165) is 12.8 Å². The van der Waals surface area contributed by atoms with Gasteiger partial charge in [0, 0.05) is 18.7 Å². The summed E-state index contributed by atoms with van der Waals surface area (Å²) in [6, 6.07) is 16.1. The number of likely N-dealkylation sites (tertiary alicyclic amines) is 1. The summed E-state index contributed by atoms with van der Waals surface area (Å²) >= 11 is 0. The average Bonchev–Trinajstić information content (AvgIpc) is 2.72. The molecule has 1 heterocycles. The molecule has 0 bridgehead atoms. The molecule has 1 amide bonds. The van der Waals surface area contributed by atoms with Crippen LogP contribution < -0.4 is 4.74 Å². The quantitative estimate of drug-likeness (QED) is 0.627. The number of carbonyl (C=O) groups excluding carboxylic acids is 2. The van der Waals surface area contributed by atoms with E-state index in [2.05, 4.69) is 12.1 Å². The molecule has 1 aliphatic rings. The molecule has 1 fully saturated rings. The molecule has 0 unspecified atom stereocenters. The third-order valence-corrected chi connectivity index (χ3v) is 4.79. The lowest BCUT2D eigenvalue weighted by Crippen LogP contribution is -2.40. The molecule has 0 aromatic heterocycles. The second-order valence-corrected chi connectivity index (χ2v) is 6.51. The molecule has 1 N–H and O–H groups in total. The summed E-state index contributed by atoms with van der Waals surface area (Å²) in [5.74, 6) is -1.65. The first-order valence-electron chi connectivity index (χ1n) is 8.88. The van der Waals surface area contributed by atoms with Gasteiger partial charge in [0.2, 0.25) is 0 Å². The molecule has 0 radical (unpaired) electrons. The Morgan fingerprint density at radius 1 is 0.963 bits per heavy atom. The number of hydrogen-bond donors (Lipinski definition) is 1. The van der Waals surface area contributed by atoms with Crippen LogP contribution in [0.1, 0.15) is 34.7 Å². The predicted molar refractivity (Wildman–Crippen MR) is 98.9 cm³/mol. The first kappa shape index (κ1) is 18.6. The summed E-state index contributed by atoms with van der Waals surface area (Å²) in [6.45, 7) is 1.32. The summed E-state index contributed by atoms with van der Waals surface area (Å²) in [5, 5.41) is 8.69. The van der Waals surface area contributed by atoms with Gasteiger partial charge in [-0.2, -0.15) is 0 Å². The molecule has 1 saturated heterocycles. The SMILES string of the molecule is O=C(O)C(=O)c1ccc(OCC(=O)N2CCC(c3ccccc3)CC2)cc1. The Hall–Kier alpha value is -3.15. The van der Waals surface area contributed by atoms with Crippen molar-refractivity contribution in [2.75, 3.05) is 19.7 Å². The Labute approximate surface area is 157 Å². The van der Waals surface area contributed by atoms with Crippen molar-refractivity contribution in [3.05, 3.63) is 65.7 Å². The Kier molecular flexibility index (Phi) is 5.86. The van der Waals surface area contributed by atoms with Crippen molar-refractivity contribution in [3.8, 4) is 5.75 Å². The molecule has 0 atom stereocenters. The number of ketones is 1. The molecule has 27 heavy (non-hydrogen) atoms. The number of rotatable bonds is 6. The molecule has 0 aliphatic carbocycles. The normalized spacial score (nSPS) is 14.6. The summed E-state index contributed by atoms with van der Waals surface area (Å²) < 4.78 is 5.48. The van der Waals surface area contributed by atoms with E-state index in [4.69, 9.17) is 9.84 Å². The van der Waals surface area contributed by atoms with Crippen molar-refractivity contribution < 1.29 is 24.2 Å². The van der Waals surface area contributed by atoms with Crippen LogP contribution in [-0.4, -0.2) is 47.4 Å². The molecule has 0 spiro atoms. The van der Waals surface area contributed by atoms with Gasteiger partial charge in [-0.25, -0.2) is 4.79 Å². The Morgan fingerprint density at radius 2 is 1.59 bits per heavy atom. The van der Waals surface area contributed by atoms with Crippen LogP contribution in [0.4, 0.5) is 0 Å². The standard InChI is InChI=1S/C21H21NO5/c23-19(14-27-18-8-6-17(7-9-18)20(24)21(25)26)22-12-10-16(11-13-22)15-4-2-1-3-5-15/h1-9,16H,10-14H2,(H,25,26). The van der Waals surface area contributed by atoms with Crippen molar-refractivity contribution >= 4 is 17.7 Å². The molecular weight excluding hydrogens is 346 g/mol. The highest BCUT2D eigenvalue weighted by Crippen LogP contribution is 2.27. The van der Waals surface area contributed by atoms with Gasteiger partial charge in [-0.15, -0.1) is 0 Å². The van der Waals surface area contributed by atoms with E-state index in [0.29, 0.717) is 24.8 Å². The average molecular weight is 367 g/mol. The van der Waals surface area contributed by atoms with E-state index < -0.39 is 11.8 Å².